The van der Waals surface area contributed by atoms with E-state index in [1.165, 1.54) is 32.9 Å². The molecule has 53 heavy (non-hydrogen) atoms. The molecular weight excluding hydrogens is 650 g/mol. The Labute approximate surface area is 308 Å². The van der Waals surface area contributed by atoms with Crippen LogP contribution in [-0.4, -0.2) is 6.54 Å². The number of anilines is 4. The van der Waals surface area contributed by atoms with Crippen LogP contribution in [-0.2, 0) is 0 Å². The van der Waals surface area contributed by atoms with Crippen LogP contribution in [0.5, 0.6) is 0 Å². The molecule has 0 saturated heterocycles. The zero-order valence-electron chi connectivity index (χ0n) is 29.1. The van der Waals surface area contributed by atoms with Gasteiger partial charge in [-0.3, -0.25) is 0 Å². The van der Waals surface area contributed by atoms with Gasteiger partial charge in [-0.1, -0.05) is 103 Å². The van der Waals surface area contributed by atoms with Gasteiger partial charge in [-0.15, -0.1) is 0 Å². The second-order valence-electron chi connectivity index (χ2n) is 14.0. The van der Waals surface area contributed by atoms with Gasteiger partial charge in [0.15, 0.2) is 0 Å². The molecule has 0 N–H and O–H groups in total. The molecule has 1 heterocycles. The zero-order valence-corrected chi connectivity index (χ0v) is 29.1. The highest BCUT2D eigenvalue weighted by atomic mass is 19.1. The highest BCUT2D eigenvalue weighted by molar-refractivity contribution is 6.27. The van der Waals surface area contributed by atoms with Crippen molar-refractivity contribution in [2.75, 3.05) is 16.3 Å². The van der Waals surface area contributed by atoms with E-state index in [1.54, 1.807) is 23.8 Å². The van der Waals surface area contributed by atoms with Gasteiger partial charge < -0.3 is 9.80 Å². The lowest BCUT2D eigenvalue weighted by Crippen LogP contribution is -2.18. The summed E-state index contributed by atoms with van der Waals surface area (Å²) in [4.78, 5) is 4.49. The maximum Gasteiger partial charge on any atom is 0.147 e. The van der Waals surface area contributed by atoms with Crippen LogP contribution in [0.4, 0.5) is 27.1 Å². The molecule has 2 aliphatic rings. The van der Waals surface area contributed by atoms with Gasteiger partial charge in [-0.2, -0.15) is 5.26 Å². The molecule has 0 amide bonds. The Bertz CT molecular complexity index is 2790. The summed E-state index contributed by atoms with van der Waals surface area (Å²) in [6.45, 7) is 0.989. The molecule has 252 valence electrons. The Kier molecular flexibility index (Phi) is 7.33. The summed E-state index contributed by atoms with van der Waals surface area (Å²) in [7, 11) is 0. The Morgan fingerprint density at radius 2 is 1.25 bits per heavy atom. The van der Waals surface area contributed by atoms with Gasteiger partial charge in [-0.25, -0.2) is 4.39 Å². The van der Waals surface area contributed by atoms with Gasteiger partial charge in [0.2, 0.25) is 0 Å². The van der Waals surface area contributed by atoms with Crippen molar-refractivity contribution in [2.45, 2.75) is 19.3 Å². The van der Waals surface area contributed by atoms with E-state index in [1.807, 2.05) is 59.5 Å². The smallest absolute Gasteiger partial charge is 0.147 e. The van der Waals surface area contributed by atoms with Gasteiger partial charge >= 0.3 is 0 Å². The summed E-state index contributed by atoms with van der Waals surface area (Å²) in [5.74, 6) is -0.328. The molecule has 1 aliphatic carbocycles. The first-order chi connectivity index (χ1) is 26.1. The summed E-state index contributed by atoms with van der Waals surface area (Å²) in [5, 5.41) is 16.6. The third kappa shape index (κ3) is 5.16. The summed E-state index contributed by atoms with van der Waals surface area (Å²) in [6, 6.07) is 51.3. The minimum Gasteiger partial charge on any atom is -0.341 e. The standard InChI is InChI=1S/C49H34FN3/c50-43-30-39(35-14-12-34(13-15-35)33-6-2-1-3-7-33)20-27-47(43)53(40-21-10-32(31-51)11-22-40)46-26-19-38-16-23-41-45(52-29-28-36-8-4-5-9-44(36)52)25-18-37-17-24-42(46)49(38)48(37)41/h1-3,5-7,9-27,30H,4,8,28-29H2. The molecule has 8 aromatic rings. The molecule has 1 aliphatic heterocycles. The molecule has 4 heteroatoms. The van der Waals surface area contributed by atoms with Crippen LogP contribution in [0.2, 0.25) is 0 Å². The lowest BCUT2D eigenvalue weighted by atomic mass is 9.91. The second-order valence-corrected chi connectivity index (χ2v) is 14.0. The maximum atomic E-state index is 16.7. The number of hydrogen-bond acceptors (Lipinski definition) is 3. The third-order valence-electron chi connectivity index (χ3n) is 11.1. The highest BCUT2D eigenvalue weighted by Gasteiger charge is 2.26. The Morgan fingerprint density at radius 3 is 2.00 bits per heavy atom. The van der Waals surface area contributed by atoms with Crippen LogP contribution < -0.4 is 9.80 Å². The van der Waals surface area contributed by atoms with E-state index in [9.17, 15) is 5.26 Å². The highest BCUT2D eigenvalue weighted by Crippen LogP contribution is 2.47. The van der Waals surface area contributed by atoms with Crippen LogP contribution in [0.15, 0.2) is 169 Å². The molecule has 0 aromatic heterocycles. The van der Waals surface area contributed by atoms with Crippen molar-refractivity contribution < 1.29 is 4.39 Å². The average molecular weight is 684 g/mol. The van der Waals surface area contributed by atoms with E-state index in [0.29, 0.717) is 11.3 Å². The predicted molar refractivity (Wildman–Crippen MR) is 218 cm³/mol. The minimum atomic E-state index is -0.328. The largest absolute Gasteiger partial charge is 0.341 e. The zero-order chi connectivity index (χ0) is 35.5. The average Bonchev–Trinajstić information content (AvgIpc) is 3.65. The lowest BCUT2D eigenvalue weighted by molar-refractivity contribution is 0.629. The Balaban J connectivity index is 1.12. The first kappa shape index (κ1) is 31.1. The SMILES string of the molecule is N#Cc1ccc(N(c2ccc(-c3ccc(-c4ccccc4)cc3)cc2F)c2ccc3ccc4c(N5CCC6=C5C=CCC6)ccc5ccc2c3c54)cc1. The quantitative estimate of drug-likeness (QED) is 0.163. The molecular formula is C49H34FN3. The van der Waals surface area contributed by atoms with Gasteiger partial charge in [0.05, 0.1) is 23.0 Å². The summed E-state index contributed by atoms with van der Waals surface area (Å²) in [5.41, 5.74) is 10.8. The van der Waals surface area contributed by atoms with E-state index in [4.69, 9.17) is 0 Å². The second kappa shape index (κ2) is 12.5. The monoisotopic (exact) mass is 683 g/mol. The van der Waals surface area contributed by atoms with E-state index in [2.05, 4.69) is 95.9 Å². The van der Waals surface area contributed by atoms with E-state index in [-0.39, 0.29) is 5.82 Å². The molecule has 8 aromatic carbocycles. The van der Waals surface area contributed by atoms with E-state index >= 15 is 4.39 Å². The minimum absolute atomic E-state index is 0.328. The number of nitrogens with zero attached hydrogens (tertiary/aromatic N) is 3. The summed E-state index contributed by atoms with van der Waals surface area (Å²) < 4.78 is 16.7. The van der Waals surface area contributed by atoms with Gasteiger partial charge in [0, 0.05) is 34.4 Å². The summed E-state index contributed by atoms with van der Waals surface area (Å²) >= 11 is 0. The van der Waals surface area contributed by atoms with Crippen molar-refractivity contribution in [1.82, 2.24) is 0 Å². The van der Waals surface area contributed by atoms with Crippen molar-refractivity contribution in [2.24, 2.45) is 0 Å². The van der Waals surface area contributed by atoms with Gasteiger partial charge in [0.1, 0.15) is 5.82 Å². The van der Waals surface area contributed by atoms with Crippen LogP contribution in [0, 0.1) is 17.1 Å². The molecule has 0 radical (unpaired) electrons. The number of allylic oxidation sites excluding steroid dienone is 2. The number of benzene rings is 8. The fourth-order valence-electron chi connectivity index (χ4n) is 8.50. The molecule has 0 spiro atoms. The number of nitriles is 1. The first-order valence-electron chi connectivity index (χ1n) is 18.3. The van der Waals surface area contributed by atoms with Gasteiger partial charge in [-0.05, 0) is 123 Å². The van der Waals surface area contributed by atoms with Crippen molar-refractivity contribution in [3.05, 3.63) is 180 Å². The number of hydrogen-bond donors (Lipinski definition) is 0. The number of rotatable bonds is 6. The van der Waals surface area contributed by atoms with E-state index < -0.39 is 0 Å². The Morgan fingerprint density at radius 1 is 0.604 bits per heavy atom. The Hall–Kier alpha value is -6.70. The molecule has 0 unspecified atom stereocenters. The molecule has 10 rings (SSSR count). The summed E-state index contributed by atoms with van der Waals surface area (Å²) in [6.07, 6.45) is 7.96. The third-order valence-corrected chi connectivity index (χ3v) is 11.1. The van der Waals surface area contributed by atoms with Crippen LogP contribution in [0.1, 0.15) is 24.8 Å². The molecule has 0 bridgehead atoms. The van der Waals surface area contributed by atoms with Gasteiger partial charge in [0.25, 0.3) is 0 Å². The van der Waals surface area contributed by atoms with Crippen molar-refractivity contribution in [1.29, 1.82) is 5.26 Å². The molecule has 0 atom stereocenters. The van der Waals surface area contributed by atoms with Crippen molar-refractivity contribution in [3.63, 3.8) is 0 Å². The van der Waals surface area contributed by atoms with Crippen LogP contribution >= 0.6 is 0 Å². The van der Waals surface area contributed by atoms with Crippen LogP contribution in [0.25, 0.3) is 54.6 Å². The first-order valence-corrected chi connectivity index (χ1v) is 18.3. The number of halogens is 1. The van der Waals surface area contributed by atoms with Crippen LogP contribution in [0.3, 0.4) is 0 Å². The lowest BCUT2D eigenvalue weighted by Gasteiger charge is -2.29. The fourth-order valence-corrected chi connectivity index (χ4v) is 8.50. The molecule has 0 saturated carbocycles. The van der Waals surface area contributed by atoms with Crippen molar-refractivity contribution in [3.8, 4) is 28.3 Å². The fraction of sp³-hybridized carbons (Fsp3) is 0.0816. The van der Waals surface area contributed by atoms with Crippen molar-refractivity contribution >= 4 is 55.1 Å². The normalized spacial score (nSPS) is 14.0. The predicted octanol–water partition coefficient (Wildman–Crippen LogP) is 13.2. The molecule has 0 fully saturated rings. The van der Waals surface area contributed by atoms with E-state index in [0.717, 1.165) is 70.2 Å². The molecule has 3 nitrogen and oxygen atoms in total. The topological polar surface area (TPSA) is 30.3 Å². The maximum absolute atomic E-state index is 16.7.